The number of nitro groups is 1. The zero-order valence-electron chi connectivity index (χ0n) is 20.0. The van der Waals surface area contributed by atoms with E-state index in [0.29, 0.717) is 19.6 Å². The molecule has 7 heteroatoms. The Kier molecular flexibility index (Phi) is 7.93. The van der Waals surface area contributed by atoms with Crippen molar-refractivity contribution >= 4 is 17.7 Å². The Balaban J connectivity index is 1.53. The zero-order valence-corrected chi connectivity index (χ0v) is 20.0. The van der Waals surface area contributed by atoms with Crippen LogP contribution in [0.3, 0.4) is 0 Å². The van der Waals surface area contributed by atoms with Crippen molar-refractivity contribution in [3.8, 4) is 5.75 Å². The van der Waals surface area contributed by atoms with Gasteiger partial charge < -0.3 is 14.2 Å². The Hall–Kier alpha value is -4.65. The number of carbonyl (C=O) groups is 1. The third-order valence-corrected chi connectivity index (χ3v) is 5.81. The number of hydrogen-bond donors (Lipinski definition) is 0. The van der Waals surface area contributed by atoms with Gasteiger partial charge in [0.1, 0.15) is 5.75 Å². The number of hydrogen-bond acceptors (Lipinski definition) is 4. The summed E-state index contributed by atoms with van der Waals surface area (Å²) in [6.07, 6.45) is 5.20. The summed E-state index contributed by atoms with van der Waals surface area (Å²) >= 11 is 0. The van der Waals surface area contributed by atoms with E-state index in [-0.39, 0.29) is 11.6 Å². The van der Waals surface area contributed by atoms with Crippen molar-refractivity contribution in [1.29, 1.82) is 0 Å². The maximum atomic E-state index is 13.3. The molecule has 0 spiro atoms. The van der Waals surface area contributed by atoms with Gasteiger partial charge in [0.25, 0.3) is 5.69 Å². The lowest BCUT2D eigenvalue weighted by atomic mass is 10.1. The molecule has 7 nitrogen and oxygen atoms in total. The van der Waals surface area contributed by atoms with Gasteiger partial charge >= 0.3 is 0 Å². The molecule has 0 aliphatic rings. The van der Waals surface area contributed by atoms with Crippen LogP contribution in [0.2, 0.25) is 0 Å². The summed E-state index contributed by atoms with van der Waals surface area (Å²) in [5.41, 5.74) is 3.87. The summed E-state index contributed by atoms with van der Waals surface area (Å²) in [4.78, 5) is 25.5. The molecule has 3 aromatic carbocycles. The van der Waals surface area contributed by atoms with Crippen LogP contribution in [0, 0.1) is 10.1 Å². The summed E-state index contributed by atoms with van der Waals surface area (Å²) in [6, 6.07) is 27.9. The molecular formula is C29H27N3O4. The minimum absolute atomic E-state index is 0.0148. The maximum Gasteiger partial charge on any atom is 0.269 e. The van der Waals surface area contributed by atoms with E-state index in [0.717, 1.165) is 28.1 Å². The largest absolute Gasteiger partial charge is 0.497 e. The topological polar surface area (TPSA) is 77.6 Å². The molecule has 0 atom stereocenters. The fraction of sp³-hybridized carbons (Fsp3) is 0.138. The minimum Gasteiger partial charge on any atom is -0.497 e. The summed E-state index contributed by atoms with van der Waals surface area (Å²) in [5, 5.41) is 10.9. The van der Waals surface area contributed by atoms with Crippen molar-refractivity contribution in [2.24, 2.45) is 0 Å². The van der Waals surface area contributed by atoms with Crippen molar-refractivity contribution in [2.45, 2.75) is 19.6 Å². The second-order valence-corrected chi connectivity index (χ2v) is 8.34. The number of aromatic nitrogens is 1. The predicted octanol–water partition coefficient (Wildman–Crippen LogP) is 5.70. The number of non-ortho nitro benzene ring substituents is 1. The standard InChI is InChI=1S/C29H27N3O4/c1-36-28-11-5-9-25(19-28)21-30-18-6-10-27(30)22-31(20-24-7-3-2-4-8-24)29(33)17-14-23-12-15-26(16-13-23)32(34)35/h2-19H,20-22H2,1H3/b17-14+. The fourth-order valence-corrected chi connectivity index (χ4v) is 3.91. The molecule has 0 saturated carbocycles. The molecule has 1 heterocycles. The average Bonchev–Trinajstić information content (AvgIpc) is 3.34. The molecule has 4 rings (SSSR count). The van der Waals surface area contributed by atoms with Crippen LogP contribution in [-0.2, 0) is 24.4 Å². The molecular weight excluding hydrogens is 454 g/mol. The number of nitrogens with zero attached hydrogens (tertiary/aromatic N) is 3. The Labute approximate surface area is 210 Å². The van der Waals surface area contributed by atoms with Crippen LogP contribution in [0.15, 0.2) is 103 Å². The van der Waals surface area contributed by atoms with Gasteiger partial charge in [0.2, 0.25) is 5.91 Å². The van der Waals surface area contributed by atoms with E-state index in [1.54, 1.807) is 30.2 Å². The highest BCUT2D eigenvalue weighted by Gasteiger charge is 2.15. The van der Waals surface area contributed by atoms with E-state index < -0.39 is 4.92 Å². The predicted molar refractivity (Wildman–Crippen MR) is 139 cm³/mol. The first-order valence-corrected chi connectivity index (χ1v) is 11.5. The normalized spacial score (nSPS) is 10.9. The first-order chi connectivity index (χ1) is 17.5. The molecule has 0 unspecified atom stereocenters. The van der Waals surface area contributed by atoms with Crippen LogP contribution in [0.25, 0.3) is 6.08 Å². The lowest BCUT2D eigenvalue weighted by Crippen LogP contribution is -2.29. The van der Waals surface area contributed by atoms with E-state index in [2.05, 4.69) is 4.57 Å². The second kappa shape index (κ2) is 11.7. The van der Waals surface area contributed by atoms with E-state index in [9.17, 15) is 14.9 Å². The third kappa shape index (κ3) is 6.48. The van der Waals surface area contributed by atoms with Crippen LogP contribution >= 0.6 is 0 Å². The van der Waals surface area contributed by atoms with Gasteiger partial charge in [-0.2, -0.15) is 0 Å². The molecule has 0 radical (unpaired) electrons. The monoisotopic (exact) mass is 481 g/mol. The molecule has 36 heavy (non-hydrogen) atoms. The minimum atomic E-state index is -0.444. The molecule has 4 aromatic rings. The highest BCUT2D eigenvalue weighted by atomic mass is 16.6. The molecule has 1 amide bonds. The van der Waals surface area contributed by atoms with E-state index >= 15 is 0 Å². The Morgan fingerprint density at radius 3 is 2.42 bits per heavy atom. The fourth-order valence-electron chi connectivity index (χ4n) is 3.91. The molecule has 0 aliphatic heterocycles. The quantitative estimate of drug-likeness (QED) is 0.165. The molecule has 182 valence electrons. The number of carbonyl (C=O) groups excluding carboxylic acids is 1. The molecule has 0 aliphatic carbocycles. The van der Waals surface area contributed by atoms with Crippen LogP contribution in [0.1, 0.15) is 22.4 Å². The molecule has 0 fully saturated rings. The van der Waals surface area contributed by atoms with Gasteiger partial charge in [0.05, 0.1) is 18.6 Å². The molecule has 0 saturated heterocycles. The van der Waals surface area contributed by atoms with Crippen LogP contribution < -0.4 is 4.74 Å². The number of benzene rings is 3. The number of rotatable bonds is 10. The van der Waals surface area contributed by atoms with Gasteiger partial charge in [-0.15, -0.1) is 0 Å². The lowest BCUT2D eigenvalue weighted by Gasteiger charge is -2.23. The van der Waals surface area contributed by atoms with Gasteiger partial charge in [-0.05, 0) is 59.2 Å². The maximum absolute atomic E-state index is 13.3. The van der Waals surface area contributed by atoms with E-state index in [1.165, 1.54) is 18.2 Å². The second-order valence-electron chi connectivity index (χ2n) is 8.34. The summed E-state index contributed by atoms with van der Waals surface area (Å²) in [5.74, 6) is 0.657. The van der Waals surface area contributed by atoms with Gasteiger partial charge in [0.15, 0.2) is 0 Å². The number of methoxy groups -OCH3 is 1. The average molecular weight is 482 g/mol. The van der Waals surface area contributed by atoms with E-state index in [4.69, 9.17) is 4.74 Å². The molecule has 0 N–H and O–H groups in total. The molecule has 1 aromatic heterocycles. The molecule has 0 bridgehead atoms. The highest BCUT2D eigenvalue weighted by molar-refractivity contribution is 5.91. The highest BCUT2D eigenvalue weighted by Crippen LogP contribution is 2.18. The zero-order chi connectivity index (χ0) is 25.3. The summed E-state index contributed by atoms with van der Waals surface area (Å²) < 4.78 is 7.47. The Bertz CT molecular complexity index is 1340. The Morgan fingerprint density at radius 1 is 0.944 bits per heavy atom. The number of amides is 1. The van der Waals surface area contributed by atoms with Gasteiger partial charge in [-0.25, -0.2) is 0 Å². The summed E-state index contributed by atoms with van der Waals surface area (Å²) in [6.45, 7) is 1.54. The lowest BCUT2D eigenvalue weighted by molar-refractivity contribution is -0.384. The third-order valence-electron chi connectivity index (χ3n) is 5.81. The number of ether oxygens (including phenoxy) is 1. The van der Waals surface area contributed by atoms with E-state index in [1.807, 2.05) is 72.9 Å². The van der Waals surface area contributed by atoms with Crippen molar-refractivity contribution < 1.29 is 14.5 Å². The van der Waals surface area contributed by atoms with Gasteiger partial charge in [-0.1, -0.05) is 42.5 Å². The van der Waals surface area contributed by atoms with Crippen molar-refractivity contribution in [1.82, 2.24) is 9.47 Å². The first-order valence-electron chi connectivity index (χ1n) is 11.5. The smallest absolute Gasteiger partial charge is 0.269 e. The van der Waals surface area contributed by atoms with Crippen LogP contribution in [0.5, 0.6) is 5.75 Å². The first kappa shape index (κ1) is 24.5. The Morgan fingerprint density at radius 2 is 1.69 bits per heavy atom. The van der Waals surface area contributed by atoms with Crippen molar-refractivity contribution in [3.05, 3.63) is 136 Å². The number of nitro benzene ring substituents is 1. The van der Waals surface area contributed by atoms with Crippen molar-refractivity contribution in [3.63, 3.8) is 0 Å². The van der Waals surface area contributed by atoms with Crippen LogP contribution in [-0.4, -0.2) is 27.4 Å². The van der Waals surface area contributed by atoms with Crippen molar-refractivity contribution in [2.75, 3.05) is 7.11 Å². The SMILES string of the molecule is COc1cccc(Cn2cccc2CN(Cc2ccccc2)C(=O)/C=C/c2ccc([N+](=O)[O-])cc2)c1. The van der Waals surface area contributed by atoms with Gasteiger partial charge in [0, 0.05) is 43.2 Å². The van der Waals surface area contributed by atoms with Gasteiger partial charge in [-0.3, -0.25) is 14.9 Å². The summed E-state index contributed by atoms with van der Waals surface area (Å²) in [7, 11) is 1.65. The van der Waals surface area contributed by atoms with Crippen LogP contribution in [0.4, 0.5) is 5.69 Å².